The Morgan fingerprint density at radius 3 is 1.83 bits per heavy atom. The Morgan fingerprint density at radius 1 is 0.681 bits per heavy atom. The van der Waals surface area contributed by atoms with Crippen molar-refractivity contribution in [3.05, 3.63) is 120 Å². The van der Waals surface area contributed by atoms with E-state index in [1.165, 1.54) is 38.8 Å². The van der Waals surface area contributed by atoms with Gasteiger partial charge in [0.1, 0.15) is 41.6 Å². The molecule has 7 rings (SSSR count). The maximum atomic E-state index is 13.9. The van der Waals surface area contributed by atoms with Crippen LogP contribution < -0.4 is 36.2 Å². The van der Waals surface area contributed by atoms with Gasteiger partial charge in [0.2, 0.25) is 17.7 Å². The zero-order valence-electron chi connectivity index (χ0n) is 39.3. The minimum Gasteiger partial charge on any atom is -0.488 e. The molecule has 1 unspecified atom stereocenters. The van der Waals surface area contributed by atoms with Gasteiger partial charge in [-0.25, -0.2) is 0 Å². The lowest BCUT2D eigenvalue weighted by atomic mass is 9.95. The van der Waals surface area contributed by atoms with Crippen LogP contribution in [0, 0.1) is 0 Å². The number of rotatable bonds is 16. The van der Waals surface area contributed by atoms with Crippen molar-refractivity contribution in [3.8, 4) is 5.75 Å². The van der Waals surface area contributed by atoms with Crippen LogP contribution in [0.15, 0.2) is 91.4 Å². The van der Waals surface area contributed by atoms with Crippen LogP contribution in [0.3, 0.4) is 0 Å². The third-order valence-electron chi connectivity index (χ3n) is 11.2. The molecule has 18 nitrogen and oxygen atoms in total. The van der Waals surface area contributed by atoms with Gasteiger partial charge in [0.05, 0.1) is 22.7 Å². The number of amides is 6. The molecule has 0 saturated carbocycles. The van der Waals surface area contributed by atoms with Gasteiger partial charge in [0.25, 0.3) is 17.7 Å². The maximum absolute atomic E-state index is 13.9. The third kappa shape index (κ3) is 11.8. The zero-order chi connectivity index (χ0) is 49.7. The predicted octanol–water partition coefficient (Wildman–Crippen LogP) is 7.06. The monoisotopic (exact) mass is 959 g/mol. The molecule has 0 saturated heterocycles. The molecular weight excluding hydrogens is 906 g/mol. The van der Waals surface area contributed by atoms with E-state index in [2.05, 4.69) is 26.6 Å². The van der Waals surface area contributed by atoms with E-state index in [0.29, 0.717) is 40.7 Å². The molecule has 19 heteroatoms. The van der Waals surface area contributed by atoms with Crippen LogP contribution in [0.4, 0.5) is 28.4 Å². The summed E-state index contributed by atoms with van der Waals surface area (Å²) in [6, 6.07) is 21.5. The van der Waals surface area contributed by atoms with Crippen molar-refractivity contribution in [3.63, 3.8) is 0 Å². The highest BCUT2D eigenvalue weighted by molar-refractivity contribution is 6.19. The van der Waals surface area contributed by atoms with Crippen molar-refractivity contribution in [2.24, 2.45) is 21.1 Å². The highest BCUT2D eigenvalue weighted by Crippen LogP contribution is 2.46. The standard InChI is InChI=1S/C50H54ClN9O9/c1-29(61)53-32-13-14-36-37(17-32)42(68-28-30-11-9-8-10-12-30)21-38-46(36)31(22-51)24-60(38)44(63)16-15-43(62)54-33-18-40(58(6)25-33)48(66)56-35-20-41(59(7)27-35)49(67)55-34-19-39(57(5)26-34)47(65)52-23-45(64)69-50(2,3)4/h8-14,17-21,25-27,31H,15-16,22-24,28H2,1-7H3,(H,52,65)(H,53,61)(H,54,62)(H,55,67)(H,56,66). The zero-order valence-corrected chi connectivity index (χ0v) is 40.1. The van der Waals surface area contributed by atoms with E-state index in [1.807, 2.05) is 48.5 Å². The lowest BCUT2D eigenvalue weighted by Crippen LogP contribution is -2.35. The van der Waals surface area contributed by atoms with E-state index in [-0.39, 0.29) is 66.7 Å². The number of hydrogen-bond acceptors (Lipinski definition) is 9. The van der Waals surface area contributed by atoms with Gasteiger partial charge in [-0.1, -0.05) is 36.4 Å². The number of nitrogens with one attached hydrogen (secondary N) is 5. The van der Waals surface area contributed by atoms with E-state index in [9.17, 15) is 33.6 Å². The lowest BCUT2D eigenvalue weighted by molar-refractivity contribution is -0.153. The van der Waals surface area contributed by atoms with Gasteiger partial charge in [-0.3, -0.25) is 33.6 Å². The molecule has 0 aliphatic carbocycles. The molecular formula is C50H54ClN9O9. The molecule has 69 heavy (non-hydrogen) atoms. The summed E-state index contributed by atoms with van der Waals surface area (Å²) in [5.74, 6) is -2.50. The average Bonchev–Trinajstić information content (AvgIpc) is 4.06. The highest BCUT2D eigenvalue weighted by Gasteiger charge is 2.35. The van der Waals surface area contributed by atoms with Crippen LogP contribution in [0.5, 0.6) is 5.75 Å². The summed E-state index contributed by atoms with van der Waals surface area (Å²) >= 11 is 6.51. The number of fused-ring (bicyclic) bond motifs is 3. The topological polar surface area (TPSA) is 216 Å². The van der Waals surface area contributed by atoms with Crippen LogP contribution >= 0.6 is 11.6 Å². The number of benzene rings is 3. The van der Waals surface area contributed by atoms with Gasteiger partial charge in [-0.05, 0) is 67.6 Å². The molecule has 3 aromatic carbocycles. The number of carbonyl (C=O) groups excluding carboxylic acids is 7. The van der Waals surface area contributed by atoms with Gasteiger partial charge in [0, 0.05) is 95.0 Å². The van der Waals surface area contributed by atoms with Crippen molar-refractivity contribution < 1.29 is 43.0 Å². The van der Waals surface area contributed by atoms with Crippen LogP contribution in [0.1, 0.15) is 89.0 Å². The number of anilines is 5. The summed E-state index contributed by atoms with van der Waals surface area (Å²) in [5.41, 5.74) is 3.98. The Morgan fingerprint density at radius 2 is 1.26 bits per heavy atom. The number of hydrogen-bond donors (Lipinski definition) is 5. The molecule has 4 heterocycles. The summed E-state index contributed by atoms with van der Waals surface area (Å²) in [4.78, 5) is 92.4. The largest absolute Gasteiger partial charge is 0.488 e. The minimum atomic E-state index is -0.700. The molecule has 1 aliphatic heterocycles. The fourth-order valence-corrected chi connectivity index (χ4v) is 8.38. The predicted molar refractivity (Wildman–Crippen MR) is 263 cm³/mol. The van der Waals surface area contributed by atoms with Crippen molar-refractivity contribution in [2.75, 3.05) is 45.1 Å². The SMILES string of the molecule is CC(=O)Nc1ccc2c3c(cc(OCc4ccccc4)c2c1)N(C(=O)CCC(=O)Nc1cc(C(=O)Nc2cc(C(=O)Nc4cc(C(=O)NCC(=O)OC(C)(C)C)n(C)c4)n(C)c2)n(C)c1)CC3CCl. The van der Waals surface area contributed by atoms with E-state index >= 15 is 0 Å². The molecule has 6 aromatic rings. The number of carbonyl (C=O) groups is 7. The molecule has 3 aromatic heterocycles. The summed E-state index contributed by atoms with van der Waals surface area (Å²) in [5, 5.41) is 15.3. The van der Waals surface area contributed by atoms with Crippen LogP contribution in [-0.2, 0) is 51.7 Å². The minimum absolute atomic E-state index is 0.110. The number of aryl methyl sites for hydroxylation is 3. The van der Waals surface area contributed by atoms with E-state index in [0.717, 1.165) is 21.9 Å². The number of alkyl halides is 1. The number of ether oxygens (including phenoxy) is 2. The summed E-state index contributed by atoms with van der Waals surface area (Å²) < 4.78 is 16.2. The van der Waals surface area contributed by atoms with Gasteiger partial charge in [-0.15, -0.1) is 11.6 Å². The Kier molecular flexibility index (Phi) is 14.6. The molecule has 0 radical (unpaired) electrons. The lowest BCUT2D eigenvalue weighted by Gasteiger charge is -2.20. The summed E-state index contributed by atoms with van der Waals surface area (Å²) in [6.07, 6.45) is 4.44. The number of nitrogens with zero attached hydrogens (tertiary/aromatic N) is 4. The van der Waals surface area contributed by atoms with Crippen molar-refractivity contribution in [1.29, 1.82) is 0 Å². The number of esters is 1. The number of halogens is 1. The molecule has 1 aliphatic rings. The first kappa shape index (κ1) is 49.1. The molecule has 0 bridgehead atoms. The van der Waals surface area contributed by atoms with E-state index in [1.54, 1.807) is 71.5 Å². The quantitative estimate of drug-likeness (QED) is 0.0495. The molecule has 5 N–H and O–H groups in total. The van der Waals surface area contributed by atoms with Gasteiger partial charge >= 0.3 is 5.97 Å². The van der Waals surface area contributed by atoms with Crippen LogP contribution in [0.25, 0.3) is 10.8 Å². The second-order valence-corrected chi connectivity index (χ2v) is 18.1. The Hall–Kier alpha value is -7.86. The first-order valence-electron chi connectivity index (χ1n) is 22.1. The Labute approximate surface area is 403 Å². The molecule has 1 atom stereocenters. The van der Waals surface area contributed by atoms with Crippen molar-refractivity contribution >= 4 is 92.2 Å². The fraction of sp³-hybridized carbons (Fsp3) is 0.300. The second-order valence-electron chi connectivity index (χ2n) is 17.8. The normalized spacial score (nSPS) is 13.1. The average molecular weight is 960 g/mol. The summed E-state index contributed by atoms with van der Waals surface area (Å²) in [7, 11) is 4.90. The smallest absolute Gasteiger partial charge is 0.325 e. The van der Waals surface area contributed by atoms with Gasteiger partial charge in [-0.2, -0.15) is 0 Å². The van der Waals surface area contributed by atoms with E-state index < -0.39 is 35.2 Å². The Balaban J connectivity index is 0.960. The van der Waals surface area contributed by atoms with Gasteiger partial charge < -0.3 is 54.7 Å². The van der Waals surface area contributed by atoms with Crippen molar-refractivity contribution in [2.45, 2.75) is 58.7 Å². The molecule has 6 amide bonds. The van der Waals surface area contributed by atoms with Crippen LogP contribution in [-0.4, -0.2) is 79.7 Å². The molecule has 0 spiro atoms. The fourth-order valence-electron chi connectivity index (χ4n) is 8.13. The van der Waals surface area contributed by atoms with E-state index in [4.69, 9.17) is 21.1 Å². The Bertz CT molecular complexity index is 2980. The molecule has 0 fully saturated rings. The number of aromatic nitrogens is 3. The first-order chi connectivity index (χ1) is 32.8. The third-order valence-corrected chi connectivity index (χ3v) is 11.5. The van der Waals surface area contributed by atoms with Crippen LogP contribution in [0.2, 0.25) is 0 Å². The van der Waals surface area contributed by atoms with Crippen molar-refractivity contribution in [1.82, 2.24) is 19.0 Å². The second kappa shape index (κ2) is 20.6. The molecule has 360 valence electrons. The summed E-state index contributed by atoms with van der Waals surface area (Å²) in [6.45, 7) is 6.86. The highest BCUT2D eigenvalue weighted by atomic mass is 35.5. The first-order valence-corrected chi connectivity index (χ1v) is 22.6. The maximum Gasteiger partial charge on any atom is 0.325 e. The van der Waals surface area contributed by atoms with Gasteiger partial charge in [0.15, 0.2) is 0 Å².